The Morgan fingerprint density at radius 3 is 1.10 bits per heavy atom. The number of nitrogens with zero attached hydrogens (tertiary/aromatic N) is 17. The van der Waals surface area contributed by atoms with Crippen molar-refractivity contribution in [2.75, 3.05) is 261 Å². The van der Waals surface area contributed by atoms with Crippen molar-refractivity contribution < 1.29 is 67.1 Å². The second kappa shape index (κ2) is 81.4. The molecule has 13 aliphatic heterocycles. The standard InChI is InChI=1S/C10H20N2O2.C10H22N2.C9H19N.C8H18N2.C8H18NO4P.C8H17NO.C8H15NO.2C8H17NO.2C8H17N.C7H17N2O4P.C7H15NS.4CH4/c1-4-14-10(13)12-7-5-11(6-8-12)9(2)3;1-5-11-6-8-12(9-7-11)10(2,3)4;1-8(2)10-7-5-4-6-9(10)3;1-8(2)10-6-4-9(3)5-7-10;1-7(2)9-5-3-8(4-6-9)13-14(10,11)12;1-8(2,3)9-4-6-10-7-5-9;1-7(2)9-5-3-8(10)4-6-9;1-7(2)9-5-3-4-8(9)6-10;1-7(2)9-5-3-4-8(10)6-9;1-8(2,3)9-6-4-5-7-9;1-8(2)9-6-4-3-5-7-9;1-7(2)8-3-5-9(6-4-8)13-14(10,11)12;1-7(2)8-3-5-9-6-4-8;;;;/h9H,4-8H2,1-3H3;5-9H2,1-4H3;8-9H,4-7H2,1-3H3;8H,4-7H2,1-3H3;7-8H,3-6H2,1-2H3,(H2,10,11,12);4-7H2,1-3H3;7H,3-6H2,1-2H3;2*7-8,10H,3-6H2,1-2H3;4-7H2,1-3H3;8H,3-7H2,1-2H3;7H,3-6H2,1-2H3,(H2,10,11,12);7H,3-6H2,1-2H3;4*1H4/t;;;;;;;2*8-;;;;;;;;/m.......01......../s1. The van der Waals surface area contributed by atoms with Crippen LogP contribution in [-0.2, 0) is 32.5 Å². The monoisotopic (exact) mass is 2130 g/mol. The topological polar surface area (TPSA) is 282 Å². The first kappa shape index (κ1) is 150. The molecule has 0 saturated carbocycles. The van der Waals surface area contributed by atoms with Crippen molar-refractivity contribution in [2.45, 2.75) is 455 Å². The third-order valence-electron chi connectivity index (χ3n) is 29.3. The molecule has 13 fully saturated rings. The molecule has 13 saturated heterocycles. The highest BCUT2D eigenvalue weighted by Gasteiger charge is 2.33. The van der Waals surface area contributed by atoms with Gasteiger partial charge in [-0.25, -0.2) is 13.9 Å². The number of likely N-dealkylation sites (N-methyl/N-ethyl adjacent to an activating group) is 2. The number of phosphoric acid groups is 2. The zero-order valence-corrected chi connectivity index (χ0v) is 99.9. The van der Waals surface area contributed by atoms with Gasteiger partial charge in [-0.15, -0.1) is 0 Å². The number of hydrogen-bond donors (Lipinski definition) is 6. The van der Waals surface area contributed by atoms with E-state index in [1.54, 1.807) is 4.90 Å². The van der Waals surface area contributed by atoms with Crippen molar-refractivity contribution >= 4 is 39.3 Å². The average molecular weight is 2140 g/mol. The number of hydrogen-bond acceptors (Lipinski definition) is 27. The second-order valence-corrected chi connectivity index (χ2v) is 50.1. The summed E-state index contributed by atoms with van der Waals surface area (Å²) in [5, 5.41) is 19.6. The summed E-state index contributed by atoms with van der Waals surface area (Å²) in [4.78, 5) is 95.0. The molecule has 0 radical (unpaired) electrons. The molecule has 1 amide bonds. The number of piperidine rings is 5. The van der Waals surface area contributed by atoms with Crippen LogP contribution in [0, 0.1) is 0 Å². The van der Waals surface area contributed by atoms with Gasteiger partial charge in [-0.2, -0.15) is 21.4 Å². The van der Waals surface area contributed by atoms with E-state index in [4.69, 9.17) is 34.2 Å². The molecule has 0 aromatic rings. The fourth-order valence-corrected chi connectivity index (χ4v) is 21.4. The summed E-state index contributed by atoms with van der Waals surface area (Å²) in [7, 11) is -6.47. The van der Waals surface area contributed by atoms with Gasteiger partial charge in [0.05, 0.1) is 38.6 Å². The van der Waals surface area contributed by atoms with Gasteiger partial charge in [0.1, 0.15) is 5.78 Å². The van der Waals surface area contributed by atoms with Crippen molar-refractivity contribution in [3.05, 3.63) is 0 Å². The maximum atomic E-state index is 11.4. The van der Waals surface area contributed by atoms with E-state index in [0.29, 0.717) is 104 Å². The van der Waals surface area contributed by atoms with Crippen molar-refractivity contribution in [1.82, 2.24) is 83.5 Å². The molecular weight excluding hydrogens is 1890 g/mol. The van der Waals surface area contributed by atoms with E-state index in [-0.39, 0.29) is 48.0 Å². The summed E-state index contributed by atoms with van der Waals surface area (Å²) in [6.07, 6.45) is 18.3. The van der Waals surface area contributed by atoms with E-state index < -0.39 is 15.6 Å². The van der Waals surface area contributed by atoms with E-state index in [2.05, 4.69) is 316 Å². The highest BCUT2D eigenvalue weighted by molar-refractivity contribution is 7.99. The number of rotatable bonds is 17. The smallest absolute Gasteiger partial charge is 0.450 e. The van der Waals surface area contributed by atoms with Crippen molar-refractivity contribution in [2.24, 2.45) is 0 Å². The highest BCUT2D eigenvalue weighted by Crippen LogP contribution is 2.40. The fourth-order valence-electron chi connectivity index (χ4n) is 19.4. The molecule has 145 heavy (non-hydrogen) atoms. The second-order valence-electron chi connectivity index (χ2n) is 46.5. The van der Waals surface area contributed by atoms with Crippen LogP contribution in [0.15, 0.2) is 0 Å². The van der Waals surface area contributed by atoms with Crippen LogP contribution in [0.3, 0.4) is 0 Å². The predicted molar refractivity (Wildman–Crippen MR) is 621 cm³/mol. The Balaban J connectivity index is -0.000000743. The summed E-state index contributed by atoms with van der Waals surface area (Å²) in [5.41, 5.74) is 1.10. The Morgan fingerprint density at radius 1 is 0.400 bits per heavy atom. The molecule has 34 heteroatoms. The molecule has 13 aliphatic rings. The lowest BCUT2D eigenvalue weighted by molar-refractivity contribution is -0.121. The minimum absolute atomic E-state index is 0. The summed E-state index contributed by atoms with van der Waals surface area (Å²) in [6, 6.07) is 7.59. The number of aliphatic hydroxyl groups is 2. The number of ketones is 1. The van der Waals surface area contributed by atoms with Crippen molar-refractivity contribution in [3.63, 3.8) is 0 Å². The van der Waals surface area contributed by atoms with Crippen LogP contribution in [0.25, 0.3) is 0 Å². The fraction of sp³-hybridized carbons (Fsp3) is 0.982. The Bertz CT molecular complexity index is 3040. The number of phosphoric ester groups is 1. The molecule has 13 heterocycles. The van der Waals surface area contributed by atoms with Gasteiger partial charge in [-0.05, 0) is 351 Å². The molecule has 31 nitrogen and oxygen atoms in total. The third kappa shape index (κ3) is 70.9. The Labute approximate surface area is 901 Å². The SMILES string of the molecule is C.C.C.C.CC(C)(C)N1CCCC1.CC(C)(C)N1CCOCC1.CC(C)N1CCC(=O)CC1.CC(C)N1CCC(OP(=O)(O)O)CC1.CC(C)N1CCCCC1.CC(C)N1CCCCC1C.CC(C)N1CCC[C@@H](O)C1.CC(C)N1CCC[C@H]1CO.CC(C)N1CCN(C)CC1.CC(C)N1CCN(OP(=O)(O)O)CC1.CC(C)N1CCSCC1.CCN1CCN(C(C)(C)C)CC1.CCOC(=O)N1CCN(C(C)C)CC1. The number of morpholine rings is 1. The van der Waals surface area contributed by atoms with Crippen LogP contribution in [0.2, 0.25) is 0 Å². The molecule has 0 bridgehead atoms. The number of Topliss-reactive ketones (excluding diaryl/α,β-unsaturated/α-hetero) is 1. The van der Waals surface area contributed by atoms with Gasteiger partial charge < -0.3 is 68.7 Å². The number of aliphatic hydroxyl groups excluding tert-OH is 2. The summed E-state index contributed by atoms with van der Waals surface area (Å²) < 4.78 is 40.4. The molecule has 3 atom stereocenters. The first-order chi connectivity index (χ1) is 65.8. The number of hydroxylamine groups is 2. The highest BCUT2D eigenvalue weighted by atomic mass is 32.2. The number of ether oxygens (including phenoxy) is 2. The number of amides is 1. The number of piperazine rings is 4. The van der Waals surface area contributed by atoms with Gasteiger partial charge in [-0.1, -0.05) is 49.5 Å². The van der Waals surface area contributed by atoms with Gasteiger partial charge in [0.15, 0.2) is 0 Å². The molecule has 6 N–H and O–H groups in total. The van der Waals surface area contributed by atoms with E-state index in [9.17, 15) is 23.8 Å². The quantitative estimate of drug-likeness (QED) is 0.0738. The lowest BCUT2D eigenvalue weighted by atomic mass is 10.0. The van der Waals surface area contributed by atoms with Gasteiger partial charge in [0, 0.05) is 277 Å². The zero-order chi connectivity index (χ0) is 107. The van der Waals surface area contributed by atoms with Crippen LogP contribution < -0.4 is 0 Å². The maximum Gasteiger partial charge on any atom is 0.486 e. The molecular formula is C111H245N17O14P2S. The van der Waals surface area contributed by atoms with Gasteiger partial charge in [0.2, 0.25) is 0 Å². The lowest BCUT2D eigenvalue weighted by Gasteiger charge is -2.42. The molecule has 13 rings (SSSR count). The Kier molecular flexibility index (Phi) is 84.2. The van der Waals surface area contributed by atoms with Gasteiger partial charge >= 0.3 is 21.7 Å². The number of thioether (sulfide) groups is 1. The Hall–Kier alpha value is -1.25. The number of likely N-dealkylation sites (tertiary alicyclic amines) is 7. The van der Waals surface area contributed by atoms with E-state index in [1.807, 2.05) is 6.92 Å². The Morgan fingerprint density at radius 2 is 0.766 bits per heavy atom. The summed E-state index contributed by atoms with van der Waals surface area (Å²) in [6.45, 7) is 109. The van der Waals surface area contributed by atoms with Crippen LogP contribution in [-0.4, -0.2) is 487 Å². The molecule has 0 aromatic carbocycles. The third-order valence-corrected chi connectivity index (χ3v) is 31.3. The van der Waals surface area contributed by atoms with Gasteiger partial charge in [-0.3, -0.25) is 58.3 Å². The predicted octanol–water partition coefficient (Wildman–Crippen LogP) is 18.1. The van der Waals surface area contributed by atoms with E-state index in [0.717, 1.165) is 161 Å². The molecule has 874 valence electrons. The van der Waals surface area contributed by atoms with Crippen LogP contribution in [0.5, 0.6) is 0 Å². The number of carbonyl (C=O) groups excluding carboxylic acids is 2. The normalized spacial score (nSPS) is 23.0. The number of carbonyl (C=O) groups is 2. The maximum absolute atomic E-state index is 11.4. The van der Waals surface area contributed by atoms with Gasteiger partial charge in [0.25, 0.3) is 0 Å². The number of β-amino-alcohol motifs (C(OH)–C–C–N with tert-alkyl or cyclic N) is 1. The van der Waals surface area contributed by atoms with E-state index in [1.165, 1.54) is 192 Å². The zero-order valence-electron chi connectivity index (χ0n) is 97.3. The summed E-state index contributed by atoms with van der Waals surface area (Å²) in [5.74, 6) is 3.09. The minimum atomic E-state index is -4.37. The molecule has 0 aliphatic carbocycles. The minimum Gasteiger partial charge on any atom is -0.450 e. The van der Waals surface area contributed by atoms with Crippen LogP contribution in [0.4, 0.5) is 4.79 Å². The van der Waals surface area contributed by atoms with Crippen molar-refractivity contribution in [1.29, 1.82) is 0 Å². The van der Waals surface area contributed by atoms with Crippen LogP contribution >= 0.6 is 27.4 Å². The summed E-state index contributed by atoms with van der Waals surface area (Å²) >= 11 is 2.07. The van der Waals surface area contributed by atoms with Crippen molar-refractivity contribution in [3.8, 4) is 0 Å². The largest absolute Gasteiger partial charge is 0.486 e. The molecule has 0 aromatic heterocycles. The molecule has 0 spiro atoms. The average Bonchev–Trinajstić information content (AvgIpc) is 1.28. The first-order valence-electron chi connectivity index (χ1n) is 56.1. The molecule has 1 unspecified atom stereocenters. The first-order valence-corrected chi connectivity index (χ1v) is 60.3. The van der Waals surface area contributed by atoms with E-state index >= 15 is 0 Å². The van der Waals surface area contributed by atoms with Crippen LogP contribution in [0.1, 0.15) is 354 Å². The lowest BCUT2D eigenvalue weighted by Crippen LogP contribution is -2.53.